The zero-order valence-electron chi connectivity index (χ0n) is 6.81. The van der Waals surface area contributed by atoms with Crippen molar-refractivity contribution in [3.63, 3.8) is 0 Å². The minimum Gasteiger partial charge on any atom is -0.326 e. The smallest absolute Gasteiger partial charge is 0.0221 e. The highest BCUT2D eigenvalue weighted by atomic mass is 15.0. The van der Waals surface area contributed by atoms with Crippen LogP contribution in [0.4, 0.5) is 0 Å². The van der Waals surface area contributed by atoms with Crippen LogP contribution in [0.1, 0.15) is 17.0 Å². The number of hydrogen-bond acceptors (Lipinski definition) is 0. The zero-order chi connectivity index (χ0) is 7.72. The molecule has 0 radical (unpaired) electrons. The van der Waals surface area contributed by atoms with Crippen LogP contribution in [-0.4, -0.2) is 4.57 Å². The number of hydrogen-bond donors (Lipinski definition) is 0. The van der Waals surface area contributed by atoms with E-state index in [1.807, 2.05) is 6.20 Å². The minimum atomic E-state index is 1.25. The van der Waals surface area contributed by atoms with Crippen molar-refractivity contribution in [2.75, 3.05) is 0 Å². The predicted octanol–water partition coefficient (Wildman–Crippen LogP) is 2.51. The maximum absolute atomic E-state index is 3.73. The summed E-state index contributed by atoms with van der Waals surface area (Å²) in [4.78, 5) is 0. The molecular formula is C9H13N. The van der Waals surface area contributed by atoms with E-state index in [1.165, 1.54) is 17.0 Å². The van der Waals surface area contributed by atoms with Crippen molar-refractivity contribution in [3.8, 4) is 0 Å². The van der Waals surface area contributed by atoms with Gasteiger partial charge in [0.05, 0.1) is 0 Å². The quantitative estimate of drug-likeness (QED) is 0.557. The number of nitrogens with zero attached hydrogens (tertiary/aromatic N) is 1. The average Bonchev–Trinajstić information content (AvgIpc) is 2.09. The van der Waals surface area contributed by atoms with E-state index in [0.29, 0.717) is 0 Å². The molecule has 0 aromatic carbocycles. The molecule has 1 nitrogen and oxygen atoms in total. The van der Waals surface area contributed by atoms with Crippen LogP contribution in [0.3, 0.4) is 0 Å². The second-order valence-electron chi connectivity index (χ2n) is 2.61. The van der Waals surface area contributed by atoms with Crippen LogP contribution < -0.4 is 0 Å². The third kappa shape index (κ3) is 0.878. The van der Waals surface area contributed by atoms with Crippen molar-refractivity contribution in [3.05, 3.63) is 29.6 Å². The summed E-state index contributed by atoms with van der Waals surface area (Å²) in [6, 6.07) is 2.16. The van der Waals surface area contributed by atoms with Gasteiger partial charge in [-0.2, -0.15) is 0 Å². The molecule has 0 aliphatic rings. The number of aromatic nitrogens is 1. The first kappa shape index (κ1) is 7.13. The standard InChI is InChI=1S/C9H13N/c1-5-10-8(3)6-7(2)9(10)4/h5-6H,1H2,2-4H3. The Bertz CT molecular complexity index is 256. The number of aryl methyl sites for hydroxylation is 2. The summed E-state index contributed by atoms with van der Waals surface area (Å²) in [7, 11) is 0. The molecule has 0 saturated heterocycles. The Balaban J connectivity index is 3.33. The van der Waals surface area contributed by atoms with Crippen molar-refractivity contribution in [1.82, 2.24) is 4.57 Å². The second-order valence-corrected chi connectivity index (χ2v) is 2.61. The highest BCUT2D eigenvalue weighted by molar-refractivity contribution is 5.34. The van der Waals surface area contributed by atoms with Crippen LogP contribution in [0.2, 0.25) is 0 Å². The molecule has 1 aromatic heterocycles. The van der Waals surface area contributed by atoms with Crippen LogP contribution in [0.25, 0.3) is 6.20 Å². The van der Waals surface area contributed by atoms with Gasteiger partial charge in [0.1, 0.15) is 0 Å². The van der Waals surface area contributed by atoms with Gasteiger partial charge < -0.3 is 4.57 Å². The van der Waals surface area contributed by atoms with E-state index in [1.54, 1.807) is 0 Å². The summed E-state index contributed by atoms with van der Waals surface area (Å²) in [6.07, 6.45) is 1.84. The van der Waals surface area contributed by atoms with Gasteiger partial charge in [0, 0.05) is 17.6 Å². The fraction of sp³-hybridized carbons (Fsp3) is 0.333. The summed E-state index contributed by atoms with van der Waals surface area (Å²) in [6.45, 7) is 10.0. The van der Waals surface area contributed by atoms with E-state index in [-0.39, 0.29) is 0 Å². The summed E-state index contributed by atoms with van der Waals surface area (Å²) in [5.74, 6) is 0. The molecule has 10 heavy (non-hydrogen) atoms. The molecule has 0 N–H and O–H groups in total. The fourth-order valence-electron chi connectivity index (χ4n) is 1.22. The lowest BCUT2D eigenvalue weighted by molar-refractivity contribution is 1.02. The Labute approximate surface area is 62.0 Å². The first-order valence-corrected chi connectivity index (χ1v) is 3.44. The Morgan fingerprint density at radius 1 is 1.40 bits per heavy atom. The Kier molecular flexibility index (Phi) is 1.66. The lowest BCUT2D eigenvalue weighted by atomic mass is 10.3. The van der Waals surface area contributed by atoms with Crippen molar-refractivity contribution in [1.29, 1.82) is 0 Å². The lowest BCUT2D eigenvalue weighted by Gasteiger charge is -1.99. The van der Waals surface area contributed by atoms with Crippen molar-refractivity contribution in [2.45, 2.75) is 20.8 Å². The van der Waals surface area contributed by atoms with Gasteiger partial charge in [-0.3, -0.25) is 0 Å². The number of rotatable bonds is 1. The van der Waals surface area contributed by atoms with Gasteiger partial charge in [-0.05, 0) is 32.4 Å². The van der Waals surface area contributed by atoms with Crippen LogP contribution in [-0.2, 0) is 0 Å². The SMILES string of the molecule is C=Cn1c(C)cc(C)c1C. The van der Waals surface area contributed by atoms with Crippen LogP contribution in [0.5, 0.6) is 0 Å². The Morgan fingerprint density at radius 3 is 2.20 bits per heavy atom. The fourth-order valence-corrected chi connectivity index (χ4v) is 1.22. The summed E-state index contributed by atoms with van der Waals surface area (Å²) >= 11 is 0. The predicted molar refractivity (Wildman–Crippen MR) is 45.0 cm³/mol. The first-order valence-electron chi connectivity index (χ1n) is 3.44. The average molecular weight is 135 g/mol. The van der Waals surface area contributed by atoms with Gasteiger partial charge in [0.15, 0.2) is 0 Å². The van der Waals surface area contributed by atoms with Gasteiger partial charge in [0.25, 0.3) is 0 Å². The maximum atomic E-state index is 3.73. The van der Waals surface area contributed by atoms with E-state index in [4.69, 9.17) is 0 Å². The molecule has 1 rings (SSSR count). The summed E-state index contributed by atoms with van der Waals surface area (Å²) in [5, 5.41) is 0. The van der Waals surface area contributed by atoms with E-state index in [9.17, 15) is 0 Å². The second kappa shape index (κ2) is 2.33. The Hall–Kier alpha value is -0.980. The largest absolute Gasteiger partial charge is 0.326 e. The molecule has 54 valence electrons. The lowest BCUT2D eigenvalue weighted by Crippen LogP contribution is -1.90. The molecular weight excluding hydrogens is 122 g/mol. The molecule has 1 heteroatoms. The van der Waals surface area contributed by atoms with Crippen LogP contribution >= 0.6 is 0 Å². The van der Waals surface area contributed by atoms with Gasteiger partial charge in [-0.25, -0.2) is 0 Å². The maximum Gasteiger partial charge on any atom is 0.0221 e. The topological polar surface area (TPSA) is 4.93 Å². The van der Waals surface area contributed by atoms with Crippen molar-refractivity contribution in [2.24, 2.45) is 0 Å². The molecule has 1 heterocycles. The normalized spacial score (nSPS) is 9.90. The third-order valence-corrected chi connectivity index (χ3v) is 1.92. The monoisotopic (exact) mass is 135 g/mol. The minimum absolute atomic E-state index is 1.25. The van der Waals surface area contributed by atoms with Crippen LogP contribution in [0.15, 0.2) is 12.6 Å². The van der Waals surface area contributed by atoms with E-state index < -0.39 is 0 Å². The van der Waals surface area contributed by atoms with Gasteiger partial charge >= 0.3 is 0 Å². The third-order valence-electron chi connectivity index (χ3n) is 1.92. The van der Waals surface area contributed by atoms with Gasteiger partial charge in [-0.15, -0.1) is 0 Å². The van der Waals surface area contributed by atoms with Gasteiger partial charge in [0.2, 0.25) is 0 Å². The van der Waals surface area contributed by atoms with Crippen molar-refractivity contribution < 1.29 is 0 Å². The van der Waals surface area contributed by atoms with Crippen molar-refractivity contribution >= 4 is 6.20 Å². The molecule has 0 fully saturated rings. The molecule has 0 aliphatic carbocycles. The summed E-state index contributed by atoms with van der Waals surface area (Å²) in [5.41, 5.74) is 3.87. The van der Waals surface area contributed by atoms with E-state index in [2.05, 4.69) is 38.0 Å². The molecule has 0 saturated carbocycles. The molecule has 0 amide bonds. The molecule has 0 unspecified atom stereocenters. The van der Waals surface area contributed by atoms with Gasteiger partial charge in [-0.1, -0.05) is 6.58 Å². The summed E-state index contributed by atoms with van der Waals surface area (Å²) < 4.78 is 2.09. The molecule has 0 bridgehead atoms. The highest BCUT2D eigenvalue weighted by Crippen LogP contribution is 2.12. The van der Waals surface area contributed by atoms with E-state index in [0.717, 1.165) is 0 Å². The first-order chi connectivity index (χ1) is 4.66. The molecule has 0 aliphatic heterocycles. The highest BCUT2D eigenvalue weighted by Gasteiger charge is 2.00. The Morgan fingerprint density at radius 2 is 2.00 bits per heavy atom. The zero-order valence-corrected chi connectivity index (χ0v) is 6.81. The molecule has 0 atom stereocenters. The molecule has 1 aromatic rings. The van der Waals surface area contributed by atoms with Crippen LogP contribution in [0, 0.1) is 20.8 Å². The van der Waals surface area contributed by atoms with E-state index >= 15 is 0 Å². The molecule has 0 spiro atoms.